The van der Waals surface area contributed by atoms with E-state index in [0.717, 1.165) is 0 Å². The van der Waals surface area contributed by atoms with Crippen LogP contribution in [0.2, 0.25) is 0 Å². The van der Waals surface area contributed by atoms with Crippen LogP contribution in [0.1, 0.15) is 5.56 Å². The molecule has 4 rings (SSSR count). The molecule has 1 amide bonds. The summed E-state index contributed by atoms with van der Waals surface area (Å²) >= 11 is 0. The number of nitrogens with zero attached hydrogens (tertiary/aromatic N) is 5. The highest BCUT2D eigenvalue weighted by molar-refractivity contribution is 5.92. The number of nitrogens with one attached hydrogen (secondary N) is 1. The minimum atomic E-state index is -0.766. The molecule has 0 aliphatic carbocycles. The van der Waals surface area contributed by atoms with Gasteiger partial charge in [-0.2, -0.15) is 5.10 Å². The lowest BCUT2D eigenvalue weighted by molar-refractivity contribution is 0.187. The predicted molar refractivity (Wildman–Crippen MR) is 109 cm³/mol. The van der Waals surface area contributed by atoms with Crippen LogP contribution >= 0.6 is 0 Å². The summed E-state index contributed by atoms with van der Waals surface area (Å²) in [5.41, 5.74) is 13.7. The Bertz CT molecular complexity index is 1220. The number of carbonyl (C=O) groups is 1. The minimum absolute atomic E-state index is 0.0260. The van der Waals surface area contributed by atoms with Crippen molar-refractivity contribution in [2.45, 2.75) is 6.54 Å². The number of anilines is 3. The Morgan fingerprint density at radius 2 is 1.94 bits per heavy atom. The number of amides is 1. The standard InChI is InChI=1S/C19H17FN8O3/c1-30-19(29)23-15-16(21)24-18(25-17(15)22)13-8-14(12-6-7-31-27-12)28(26-13)9-10-4-2-3-5-11(10)20/h2-8H,9H2,1H3,(H,23,29)(H4,21,22,24,25). The molecule has 12 heteroatoms. The Labute approximate surface area is 174 Å². The summed E-state index contributed by atoms with van der Waals surface area (Å²) in [5, 5.41) is 10.8. The highest BCUT2D eigenvalue weighted by atomic mass is 19.1. The zero-order valence-electron chi connectivity index (χ0n) is 16.2. The van der Waals surface area contributed by atoms with E-state index in [1.165, 1.54) is 19.4 Å². The molecule has 3 aromatic heterocycles. The lowest BCUT2D eigenvalue weighted by Crippen LogP contribution is -2.16. The third-order valence-corrected chi connectivity index (χ3v) is 4.36. The maximum absolute atomic E-state index is 14.2. The van der Waals surface area contributed by atoms with Gasteiger partial charge in [0.2, 0.25) is 0 Å². The van der Waals surface area contributed by atoms with Gasteiger partial charge in [-0.15, -0.1) is 0 Å². The van der Waals surface area contributed by atoms with Crippen LogP contribution in [0.5, 0.6) is 0 Å². The Morgan fingerprint density at radius 1 is 1.19 bits per heavy atom. The van der Waals surface area contributed by atoms with E-state index < -0.39 is 6.09 Å². The summed E-state index contributed by atoms with van der Waals surface area (Å²) in [6, 6.07) is 9.66. The van der Waals surface area contributed by atoms with Crippen molar-refractivity contribution < 1.29 is 18.4 Å². The van der Waals surface area contributed by atoms with Crippen LogP contribution in [-0.4, -0.2) is 38.1 Å². The van der Waals surface area contributed by atoms with Crippen LogP contribution in [-0.2, 0) is 11.3 Å². The van der Waals surface area contributed by atoms with Gasteiger partial charge in [-0.3, -0.25) is 10.00 Å². The van der Waals surface area contributed by atoms with Gasteiger partial charge < -0.3 is 20.7 Å². The summed E-state index contributed by atoms with van der Waals surface area (Å²) in [4.78, 5) is 19.8. The lowest BCUT2D eigenvalue weighted by atomic mass is 10.2. The Balaban J connectivity index is 1.76. The monoisotopic (exact) mass is 424 g/mol. The van der Waals surface area contributed by atoms with E-state index in [-0.39, 0.29) is 35.5 Å². The molecular weight excluding hydrogens is 407 g/mol. The molecule has 0 aliphatic rings. The van der Waals surface area contributed by atoms with Gasteiger partial charge in [0.25, 0.3) is 0 Å². The molecule has 0 spiro atoms. The van der Waals surface area contributed by atoms with Gasteiger partial charge in [-0.1, -0.05) is 23.4 Å². The van der Waals surface area contributed by atoms with Gasteiger partial charge in [0.15, 0.2) is 17.5 Å². The van der Waals surface area contributed by atoms with E-state index in [1.54, 1.807) is 35.0 Å². The number of ether oxygens (including phenoxy) is 1. The van der Waals surface area contributed by atoms with Gasteiger partial charge in [-0.05, 0) is 12.1 Å². The second-order valence-electron chi connectivity index (χ2n) is 6.36. The summed E-state index contributed by atoms with van der Waals surface area (Å²) in [6.45, 7) is 0.127. The summed E-state index contributed by atoms with van der Waals surface area (Å²) in [5.74, 6) is -0.393. The molecule has 1 aromatic carbocycles. The van der Waals surface area contributed by atoms with Crippen molar-refractivity contribution >= 4 is 23.4 Å². The molecule has 158 valence electrons. The van der Waals surface area contributed by atoms with E-state index in [0.29, 0.717) is 22.6 Å². The molecule has 0 unspecified atom stereocenters. The normalized spacial score (nSPS) is 10.8. The highest BCUT2D eigenvalue weighted by Gasteiger charge is 2.20. The fourth-order valence-corrected chi connectivity index (χ4v) is 2.88. The second kappa shape index (κ2) is 8.10. The van der Waals surface area contributed by atoms with Crippen LogP contribution < -0.4 is 16.8 Å². The van der Waals surface area contributed by atoms with Gasteiger partial charge in [0.05, 0.1) is 19.3 Å². The fourth-order valence-electron chi connectivity index (χ4n) is 2.88. The van der Waals surface area contributed by atoms with E-state index in [1.807, 2.05) is 0 Å². The second-order valence-corrected chi connectivity index (χ2v) is 6.36. The molecule has 0 radical (unpaired) electrons. The largest absolute Gasteiger partial charge is 0.453 e. The number of carbonyl (C=O) groups excluding carboxylic acids is 1. The van der Waals surface area contributed by atoms with E-state index in [4.69, 9.17) is 16.0 Å². The summed E-state index contributed by atoms with van der Waals surface area (Å²) < 4.78 is 25.2. The molecule has 4 aromatic rings. The third kappa shape index (κ3) is 3.99. The molecule has 11 nitrogen and oxygen atoms in total. The Morgan fingerprint density at radius 3 is 2.58 bits per heavy atom. The highest BCUT2D eigenvalue weighted by Crippen LogP contribution is 2.29. The van der Waals surface area contributed by atoms with Crippen LogP contribution in [0.15, 0.2) is 47.2 Å². The zero-order valence-corrected chi connectivity index (χ0v) is 16.2. The topological polar surface area (TPSA) is 160 Å². The van der Waals surface area contributed by atoms with Crippen LogP contribution in [0.25, 0.3) is 22.9 Å². The molecule has 0 saturated heterocycles. The molecular formula is C19H17FN8O3. The number of rotatable bonds is 5. The summed E-state index contributed by atoms with van der Waals surface area (Å²) in [7, 11) is 1.20. The van der Waals surface area contributed by atoms with Crippen LogP contribution in [0, 0.1) is 5.82 Å². The predicted octanol–water partition coefficient (Wildman–Crippen LogP) is 2.53. The number of nitrogen functional groups attached to an aromatic ring is 2. The van der Waals surface area contributed by atoms with Crippen LogP contribution in [0.3, 0.4) is 0 Å². The molecule has 0 aliphatic heterocycles. The Kier molecular flexibility index (Phi) is 5.18. The fraction of sp³-hybridized carbons (Fsp3) is 0.105. The van der Waals surface area contributed by atoms with E-state index in [9.17, 15) is 9.18 Å². The average Bonchev–Trinajstić information content (AvgIpc) is 3.42. The van der Waals surface area contributed by atoms with Crippen molar-refractivity contribution in [2.75, 3.05) is 23.9 Å². The SMILES string of the molecule is COC(=O)Nc1c(N)nc(-c2cc(-c3ccon3)n(Cc3ccccc3F)n2)nc1N. The molecule has 3 heterocycles. The number of hydrogen-bond donors (Lipinski definition) is 3. The molecule has 0 atom stereocenters. The number of methoxy groups -OCH3 is 1. The van der Waals surface area contributed by atoms with Crippen molar-refractivity contribution in [1.29, 1.82) is 0 Å². The molecule has 0 bridgehead atoms. The van der Waals surface area contributed by atoms with Gasteiger partial charge >= 0.3 is 6.09 Å². The number of halogens is 1. The number of aromatic nitrogens is 5. The van der Waals surface area contributed by atoms with Gasteiger partial charge in [0.1, 0.15) is 29.2 Å². The third-order valence-electron chi connectivity index (χ3n) is 4.36. The quantitative estimate of drug-likeness (QED) is 0.437. The maximum atomic E-state index is 14.2. The first-order chi connectivity index (χ1) is 15.0. The van der Waals surface area contributed by atoms with Crippen molar-refractivity contribution in [1.82, 2.24) is 24.9 Å². The van der Waals surface area contributed by atoms with Gasteiger partial charge in [-0.25, -0.2) is 19.2 Å². The maximum Gasteiger partial charge on any atom is 0.411 e. The van der Waals surface area contributed by atoms with Crippen molar-refractivity contribution in [3.63, 3.8) is 0 Å². The molecule has 0 saturated carbocycles. The number of benzene rings is 1. The first kappa shape index (κ1) is 19.8. The van der Waals surface area contributed by atoms with Crippen molar-refractivity contribution in [3.05, 3.63) is 54.0 Å². The smallest absolute Gasteiger partial charge is 0.411 e. The molecule has 0 fully saturated rings. The van der Waals surface area contributed by atoms with E-state index >= 15 is 0 Å². The van der Waals surface area contributed by atoms with Crippen molar-refractivity contribution in [2.24, 2.45) is 0 Å². The number of hydrogen-bond acceptors (Lipinski definition) is 9. The first-order valence-electron chi connectivity index (χ1n) is 8.96. The average molecular weight is 424 g/mol. The lowest BCUT2D eigenvalue weighted by Gasteiger charge is -2.09. The van der Waals surface area contributed by atoms with Crippen molar-refractivity contribution in [3.8, 4) is 22.9 Å². The minimum Gasteiger partial charge on any atom is -0.453 e. The molecule has 31 heavy (non-hydrogen) atoms. The van der Waals surface area contributed by atoms with Gasteiger partial charge in [0, 0.05) is 11.6 Å². The first-order valence-corrected chi connectivity index (χ1v) is 8.96. The zero-order chi connectivity index (χ0) is 22.0. The van der Waals surface area contributed by atoms with E-state index in [2.05, 4.69) is 30.3 Å². The number of nitrogens with two attached hydrogens (primary N) is 2. The molecule has 5 N–H and O–H groups in total. The van der Waals surface area contributed by atoms with Crippen LogP contribution in [0.4, 0.5) is 26.5 Å². The Hall–Kier alpha value is -4.48. The summed E-state index contributed by atoms with van der Waals surface area (Å²) in [6.07, 6.45) is 0.645.